The second-order valence-corrected chi connectivity index (χ2v) is 11.5. The van der Waals surface area contributed by atoms with Crippen molar-refractivity contribution in [3.8, 4) is 11.4 Å². The molecule has 0 atom stereocenters. The van der Waals surface area contributed by atoms with E-state index in [1.165, 1.54) is 0 Å². The smallest absolute Gasteiger partial charge is 0.162 e. The fourth-order valence-electron chi connectivity index (χ4n) is 6.16. The Morgan fingerprint density at radius 2 is 1.86 bits per heavy atom. The minimum atomic E-state index is -0.803. The Balaban J connectivity index is 1.26. The number of nitrogens with one attached hydrogen (secondary N) is 2. The predicted octanol–water partition coefficient (Wildman–Crippen LogP) is 3.11. The van der Waals surface area contributed by atoms with Gasteiger partial charge in [-0.3, -0.25) is 10.00 Å². The number of hydrogen-bond donors (Lipinski definition) is 3. The van der Waals surface area contributed by atoms with Gasteiger partial charge in [-0.2, -0.15) is 5.10 Å². The summed E-state index contributed by atoms with van der Waals surface area (Å²) in [5.41, 5.74) is 2.04. The Morgan fingerprint density at radius 1 is 1.05 bits per heavy atom. The predicted molar refractivity (Wildman–Crippen MR) is 146 cm³/mol. The van der Waals surface area contributed by atoms with E-state index in [1.54, 1.807) is 11.3 Å². The number of nitrogens with zero attached hydrogens (tertiary/aromatic N) is 5. The minimum Gasteiger partial charge on any atom is -0.384 e. The summed E-state index contributed by atoms with van der Waals surface area (Å²) in [5, 5.41) is 23.6. The molecular weight excluding hydrogens is 486 g/mol. The standard InChI is InChI=1S/C27H33N7O2S/c35-27(6-4-18(5-7-27)33-10-8-28-9-11-33)23-16-22-24(37-23)26(34-12-14-36-15-13-34)31-25(30-22)19-2-1-3-21-20(19)17-29-32-21/h1-3,16-18,28,35H,4-15H2,(H,29,32). The molecule has 194 valence electrons. The molecule has 3 fully saturated rings. The van der Waals surface area contributed by atoms with Crippen molar-refractivity contribution < 1.29 is 9.84 Å². The number of benzene rings is 1. The van der Waals surface area contributed by atoms with Crippen molar-refractivity contribution in [3.63, 3.8) is 0 Å². The van der Waals surface area contributed by atoms with Crippen molar-refractivity contribution in [3.05, 3.63) is 35.3 Å². The first-order valence-electron chi connectivity index (χ1n) is 13.4. The van der Waals surface area contributed by atoms with Gasteiger partial charge in [-0.05, 0) is 37.8 Å². The lowest BCUT2D eigenvalue weighted by Crippen LogP contribution is -2.50. The van der Waals surface area contributed by atoms with Gasteiger partial charge in [-0.15, -0.1) is 11.3 Å². The van der Waals surface area contributed by atoms with Gasteiger partial charge in [-0.1, -0.05) is 12.1 Å². The summed E-state index contributed by atoms with van der Waals surface area (Å²) < 4.78 is 6.68. The molecule has 7 rings (SSSR count). The number of anilines is 1. The molecule has 3 aliphatic rings. The maximum Gasteiger partial charge on any atom is 0.162 e. The molecular formula is C27H33N7O2S. The summed E-state index contributed by atoms with van der Waals surface area (Å²) in [6.07, 6.45) is 5.47. The SMILES string of the molecule is OC1(c2cc3nc(-c4cccc5[nH]ncc45)nc(N4CCOCC4)c3s2)CCC(N2CCNCC2)CC1. The zero-order valence-electron chi connectivity index (χ0n) is 20.9. The quantitative estimate of drug-likeness (QED) is 0.378. The third-order valence-corrected chi connectivity index (χ3v) is 9.61. The Labute approximate surface area is 219 Å². The summed E-state index contributed by atoms with van der Waals surface area (Å²) in [7, 11) is 0. The number of rotatable bonds is 4. The van der Waals surface area contributed by atoms with E-state index in [2.05, 4.69) is 37.4 Å². The fourth-order valence-corrected chi connectivity index (χ4v) is 7.42. The third kappa shape index (κ3) is 4.30. The fraction of sp³-hybridized carbons (Fsp3) is 0.519. The lowest BCUT2D eigenvalue weighted by molar-refractivity contribution is -0.0236. The zero-order valence-corrected chi connectivity index (χ0v) is 21.8. The minimum absolute atomic E-state index is 0.572. The van der Waals surface area contributed by atoms with Crippen LogP contribution in [0.1, 0.15) is 30.6 Å². The van der Waals surface area contributed by atoms with Crippen LogP contribution in [0.4, 0.5) is 5.82 Å². The number of aliphatic hydroxyl groups is 1. The summed E-state index contributed by atoms with van der Waals surface area (Å²) >= 11 is 1.67. The van der Waals surface area contributed by atoms with Crippen molar-refractivity contribution in [2.24, 2.45) is 0 Å². The number of morpholine rings is 1. The second-order valence-electron chi connectivity index (χ2n) is 10.5. The van der Waals surface area contributed by atoms with Crippen LogP contribution in [0.2, 0.25) is 0 Å². The molecule has 10 heteroatoms. The average Bonchev–Trinajstić information content (AvgIpc) is 3.62. The first-order chi connectivity index (χ1) is 18.2. The molecule has 0 bridgehead atoms. The van der Waals surface area contributed by atoms with Crippen molar-refractivity contribution >= 4 is 38.3 Å². The molecule has 0 spiro atoms. The second kappa shape index (κ2) is 9.59. The monoisotopic (exact) mass is 519 g/mol. The number of thiophene rings is 1. The van der Waals surface area contributed by atoms with Gasteiger partial charge in [0, 0.05) is 61.1 Å². The maximum atomic E-state index is 11.8. The van der Waals surface area contributed by atoms with Crippen molar-refractivity contribution in [2.75, 3.05) is 57.4 Å². The summed E-state index contributed by atoms with van der Waals surface area (Å²) in [6, 6.07) is 8.77. The van der Waals surface area contributed by atoms with E-state index in [0.717, 1.165) is 102 Å². The number of H-pyrrole nitrogens is 1. The summed E-state index contributed by atoms with van der Waals surface area (Å²) in [5.74, 6) is 1.64. The Kier molecular flexibility index (Phi) is 6.09. The van der Waals surface area contributed by atoms with Crippen LogP contribution in [0.3, 0.4) is 0 Å². The molecule has 1 aromatic carbocycles. The van der Waals surface area contributed by atoms with Gasteiger partial charge in [0.1, 0.15) is 0 Å². The molecule has 3 N–H and O–H groups in total. The Bertz CT molecular complexity index is 1400. The maximum absolute atomic E-state index is 11.8. The zero-order chi connectivity index (χ0) is 24.8. The lowest BCUT2D eigenvalue weighted by atomic mass is 9.80. The number of aromatic nitrogens is 4. The van der Waals surface area contributed by atoms with Gasteiger partial charge < -0.3 is 20.1 Å². The number of piperazine rings is 1. The van der Waals surface area contributed by atoms with Crippen LogP contribution in [-0.2, 0) is 10.3 Å². The van der Waals surface area contributed by atoms with Crippen LogP contribution in [0.15, 0.2) is 30.5 Å². The third-order valence-electron chi connectivity index (χ3n) is 8.30. The summed E-state index contributed by atoms with van der Waals surface area (Å²) in [6.45, 7) is 7.31. The highest BCUT2D eigenvalue weighted by atomic mass is 32.1. The number of hydrogen-bond acceptors (Lipinski definition) is 9. The first kappa shape index (κ1) is 23.5. The number of ether oxygens (including phenoxy) is 1. The topological polar surface area (TPSA) is 102 Å². The molecule has 37 heavy (non-hydrogen) atoms. The number of fused-ring (bicyclic) bond motifs is 2. The van der Waals surface area contributed by atoms with Crippen LogP contribution < -0.4 is 10.2 Å². The molecule has 1 aliphatic carbocycles. The van der Waals surface area contributed by atoms with Gasteiger partial charge >= 0.3 is 0 Å². The summed E-state index contributed by atoms with van der Waals surface area (Å²) in [4.78, 5) is 16.1. The molecule has 3 aromatic heterocycles. The Morgan fingerprint density at radius 3 is 2.68 bits per heavy atom. The van der Waals surface area contributed by atoms with Crippen LogP contribution in [0.5, 0.6) is 0 Å². The van der Waals surface area contributed by atoms with E-state index < -0.39 is 5.60 Å². The van der Waals surface area contributed by atoms with Gasteiger partial charge in [0.05, 0.1) is 40.7 Å². The van der Waals surface area contributed by atoms with Crippen LogP contribution >= 0.6 is 11.3 Å². The Hall–Kier alpha value is -2.63. The van der Waals surface area contributed by atoms with E-state index in [4.69, 9.17) is 14.7 Å². The normalized spacial score (nSPS) is 25.8. The molecule has 0 radical (unpaired) electrons. The highest BCUT2D eigenvalue weighted by Gasteiger charge is 2.38. The van der Waals surface area contributed by atoms with E-state index >= 15 is 0 Å². The van der Waals surface area contributed by atoms with Gasteiger partial charge in [0.2, 0.25) is 0 Å². The molecule has 4 aromatic rings. The van der Waals surface area contributed by atoms with Crippen molar-refractivity contribution in [1.82, 2.24) is 30.4 Å². The molecule has 9 nitrogen and oxygen atoms in total. The van der Waals surface area contributed by atoms with E-state index in [9.17, 15) is 5.11 Å². The molecule has 2 aliphatic heterocycles. The van der Waals surface area contributed by atoms with E-state index in [0.29, 0.717) is 25.1 Å². The lowest BCUT2D eigenvalue weighted by Gasteiger charge is -2.42. The average molecular weight is 520 g/mol. The largest absolute Gasteiger partial charge is 0.384 e. The van der Waals surface area contributed by atoms with E-state index in [1.807, 2.05) is 18.3 Å². The number of aromatic amines is 1. The van der Waals surface area contributed by atoms with Crippen LogP contribution in [0.25, 0.3) is 32.5 Å². The van der Waals surface area contributed by atoms with Crippen molar-refractivity contribution in [1.29, 1.82) is 0 Å². The molecule has 0 amide bonds. The van der Waals surface area contributed by atoms with Gasteiger partial charge in [-0.25, -0.2) is 9.97 Å². The van der Waals surface area contributed by atoms with Gasteiger partial charge in [0.25, 0.3) is 0 Å². The molecule has 5 heterocycles. The molecule has 1 saturated carbocycles. The van der Waals surface area contributed by atoms with E-state index in [-0.39, 0.29) is 0 Å². The molecule has 2 saturated heterocycles. The van der Waals surface area contributed by atoms with Gasteiger partial charge in [0.15, 0.2) is 11.6 Å². The van der Waals surface area contributed by atoms with Crippen LogP contribution in [0, 0.1) is 0 Å². The molecule has 0 unspecified atom stereocenters. The van der Waals surface area contributed by atoms with Crippen LogP contribution in [-0.4, -0.2) is 88.7 Å². The first-order valence-corrected chi connectivity index (χ1v) is 14.2. The van der Waals surface area contributed by atoms with Crippen molar-refractivity contribution in [2.45, 2.75) is 37.3 Å². The highest BCUT2D eigenvalue weighted by Crippen LogP contribution is 2.45. The highest BCUT2D eigenvalue weighted by molar-refractivity contribution is 7.19.